The second-order valence-electron chi connectivity index (χ2n) is 6.15. The van der Waals surface area contributed by atoms with E-state index >= 15 is 0 Å². The minimum Gasteiger partial charge on any atom is -0.494 e. The smallest absolute Gasteiger partial charge is 0.326 e. The number of para-hydroxylation sites is 1. The number of carboxylic acid groups (broad SMARTS) is 1. The van der Waals surface area contributed by atoms with Crippen LogP contribution in [0.15, 0.2) is 24.3 Å². The van der Waals surface area contributed by atoms with Gasteiger partial charge in [-0.1, -0.05) is 18.2 Å². The molecule has 0 saturated heterocycles. The maximum Gasteiger partial charge on any atom is 0.326 e. The highest BCUT2D eigenvalue weighted by atomic mass is 16.5. The predicted molar refractivity (Wildman–Crippen MR) is 91.1 cm³/mol. The van der Waals surface area contributed by atoms with Crippen molar-refractivity contribution in [1.29, 1.82) is 0 Å². The van der Waals surface area contributed by atoms with Crippen molar-refractivity contribution in [2.75, 3.05) is 6.61 Å². The highest BCUT2D eigenvalue weighted by Crippen LogP contribution is 2.33. The standard InChI is InChI=1S/C18H24N2O5/c1-3-25-15-7-5-4-6-13(15)14(19-11(2)21)10-16(22)20-17(18(23)24)12-8-9-12/h4-7,12,14,17H,3,8-10H2,1-2H3,(H,19,21)(H,20,22)(H,23,24). The summed E-state index contributed by atoms with van der Waals surface area (Å²) in [6, 6.07) is 5.72. The first-order valence-electron chi connectivity index (χ1n) is 8.43. The van der Waals surface area contributed by atoms with E-state index in [1.807, 2.05) is 13.0 Å². The van der Waals surface area contributed by atoms with E-state index in [2.05, 4.69) is 10.6 Å². The van der Waals surface area contributed by atoms with Gasteiger partial charge < -0.3 is 20.5 Å². The zero-order chi connectivity index (χ0) is 18.4. The van der Waals surface area contributed by atoms with E-state index in [9.17, 15) is 19.5 Å². The van der Waals surface area contributed by atoms with Gasteiger partial charge in [0, 0.05) is 12.5 Å². The van der Waals surface area contributed by atoms with Crippen LogP contribution in [-0.2, 0) is 14.4 Å². The molecular formula is C18H24N2O5. The number of nitrogens with one attached hydrogen (secondary N) is 2. The highest BCUT2D eigenvalue weighted by Gasteiger charge is 2.37. The number of benzene rings is 1. The van der Waals surface area contributed by atoms with Gasteiger partial charge in [-0.3, -0.25) is 9.59 Å². The van der Waals surface area contributed by atoms with Crippen LogP contribution in [0, 0.1) is 5.92 Å². The van der Waals surface area contributed by atoms with Gasteiger partial charge in [-0.15, -0.1) is 0 Å². The van der Waals surface area contributed by atoms with Gasteiger partial charge in [0.2, 0.25) is 11.8 Å². The van der Waals surface area contributed by atoms with Crippen LogP contribution in [0.2, 0.25) is 0 Å². The van der Waals surface area contributed by atoms with Gasteiger partial charge in [-0.25, -0.2) is 4.79 Å². The summed E-state index contributed by atoms with van der Waals surface area (Å²) in [6.45, 7) is 3.68. The van der Waals surface area contributed by atoms with Crippen molar-refractivity contribution in [3.8, 4) is 5.75 Å². The molecule has 1 fully saturated rings. The first-order chi connectivity index (χ1) is 11.9. The number of rotatable bonds is 9. The fraction of sp³-hybridized carbons (Fsp3) is 0.500. The molecule has 1 aliphatic carbocycles. The summed E-state index contributed by atoms with van der Waals surface area (Å²) in [5.41, 5.74) is 0.688. The topological polar surface area (TPSA) is 105 Å². The van der Waals surface area contributed by atoms with Crippen LogP contribution < -0.4 is 15.4 Å². The number of ether oxygens (including phenoxy) is 1. The molecule has 1 aromatic carbocycles. The van der Waals surface area contributed by atoms with Crippen molar-refractivity contribution in [1.82, 2.24) is 10.6 Å². The van der Waals surface area contributed by atoms with Gasteiger partial charge in [0.05, 0.1) is 19.1 Å². The van der Waals surface area contributed by atoms with Gasteiger partial charge in [0.1, 0.15) is 11.8 Å². The molecule has 0 aromatic heterocycles. The van der Waals surface area contributed by atoms with E-state index in [1.54, 1.807) is 18.2 Å². The van der Waals surface area contributed by atoms with E-state index in [-0.39, 0.29) is 18.2 Å². The molecule has 0 radical (unpaired) electrons. The molecular weight excluding hydrogens is 324 g/mol. The SMILES string of the molecule is CCOc1ccccc1C(CC(=O)NC(C(=O)O)C1CC1)NC(C)=O. The van der Waals surface area contributed by atoms with Crippen molar-refractivity contribution in [3.05, 3.63) is 29.8 Å². The predicted octanol–water partition coefficient (Wildman–Crippen LogP) is 1.63. The van der Waals surface area contributed by atoms with E-state index in [0.29, 0.717) is 17.9 Å². The fourth-order valence-electron chi connectivity index (χ4n) is 2.77. The summed E-state index contributed by atoms with van der Waals surface area (Å²) >= 11 is 0. The molecule has 2 atom stereocenters. The maximum atomic E-state index is 12.4. The lowest BCUT2D eigenvalue weighted by molar-refractivity contribution is -0.142. The van der Waals surface area contributed by atoms with Crippen LogP contribution in [0.4, 0.5) is 0 Å². The number of aliphatic carboxylic acids is 1. The van der Waals surface area contributed by atoms with Crippen LogP contribution in [0.1, 0.15) is 44.7 Å². The van der Waals surface area contributed by atoms with Crippen molar-refractivity contribution in [2.24, 2.45) is 5.92 Å². The Bertz CT molecular complexity index is 642. The molecule has 0 heterocycles. The van der Waals surface area contributed by atoms with Crippen molar-refractivity contribution in [2.45, 2.75) is 45.2 Å². The molecule has 25 heavy (non-hydrogen) atoms. The summed E-state index contributed by atoms with van der Waals surface area (Å²) in [6.07, 6.45) is 1.55. The van der Waals surface area contributed by atoms with Gasteiger partial charge in [-0.2, -0.15) is 0 Å². The number of carbonyl (C=O) groups excluding carboxylic acids is 2. The minimum absolute atomic E-state index is 0.00335. The third kappa shape index (κ3) is 5.48. The van der Waals surface area contributed by atoms with Gasteiger partial charge in [0.25, 0.3) is 0 Å². The molecule has 0 aliphatic heterocycles. The molecule has 0 spiro atoms. The first kappa shape index (κ1) is 18.8. The zero-order valence-electron chi connectivity index (χ0n) is 14.5. The molecule has 7 nitrogen and oxygen atoms in total. The Hall–Kier alpha value is -2.57. The van der Waals surface area contributed by atoms with E-state index in [4.69, 9.17) is 4.74 Å². The number of amides is 2. The molecule has 0 bridgehead atoms. The second-order valence-corrected chi connectivity index (χ2v) is 6.15. The average molecular weight is 348 g/mol. The van der Waals surface area contributed by atoms with Crippen molar-refractivity contribution in [3.63, 3.8) is 0 Å². The van der Waals surface area contributed by atoms with Crippen LogP contribution >= 0.6 is 0 Å². The monoisotopic (exact) mass is 348 g/mol. The lowest BCUT2D eigenvalue weighted by atomic mass is 10.0. The molecule has 1 saturated carbocycles. The van der Waals surface area contributed by atoms with Crippen LogP contribution in [0.3, 0.4) is 0 Å². The summed E-state index contributed by atoms with van der Waals surface area (Å²) < 4.78 is 5.57. The maximum absolute atomic E-state index is 12.4. The molecule has 1 aliphatic rings. The lowest BCUT2D eigenvalue weighted by Gasteiger charge is -2.22. The van der Waals surface area contributed by atoms with Gasteiger partial charge in [0.15, 0.2) is 0 Å². The molecule has 1 aromatic rings. The van der Waals surface area contributed by atoms with Gasteiger partial charge in [-0.05, 0) is 31.7 Å². The van der Waals surface area contributed by atoms with Crippen LogP contribution in [-0.4, -0.2) is 35.5 Å². The average Bonchev–Trinajstić information content (AvgIpc) is 3.37. The Balaban J connectivity index is 2.13. The summed E-state index contributed by atoms with van der Waals surface area (Å²) in [5.74, 6) is -1.13. The number of hydrogen-bond acceptors (Lipinski definition) is 4. The lowest BCUT2D eigenvalue weighted by Crippen LogP contribution is -2.43. The first-order valence-corrected chi connectivity index (χ1v) is 8.43. The Kier molecular flexibility index (Phi) is 6.38. The number of hydrogen-bond donors (Lipinski definition) is 3. The van der Waals surface area contributed by atoms with Crippen LogP contribution in [0.25, 0.3) is 0 Å². The molecule has 136 valence electrons. The van der Waals surface area contributed by atoms with Crippen molar-refractivity contribution < 1.29 is 24.2 Å². The zero-order valence-corrected chi connectivity index (χ0v) is 14.5. The normalized spacial score (nSPS) is 15.8. The molecule has 2 rings (SSSR count). The Morgan fingerprint density at radius 2 is 1.92 bits per heavy atom. The number of carboxylic acids is 1. The summed E-state index contributed by atoms with van der Waals surface area (Å²) in [5, 5.41) is 14.6. The molecule has 2 unspecified atom stereocenters. The van der Waals surface area contributed by atoms with E-state index < -0.39 is 24.0 Å². The molecule has 2 amide bonds. The third-order valence-electron chi connectivity index (χ3n) is 4.04. The third-order valence-corrected chi connectivity index (χ3v) is 4.04. The van der Waals surface area contributed by atoms with Crippen LogP contribution in [0.5, 0.6) is 5.75 Å². The quantitative estimate of drug-likeness (QED) is 0.629. The Labute approximate surface area is 146 Å². The number of carbonyl (C=O) groups is 3. The second kappa shape index (κ2) is 8.50. The summed E-state index contributed by atoms with van der Waals surface area (Å²) in [4.78, 5) is 35.2. The highest BCUT2D eigenvalue weighted by molar-refractivity contribution is 5.85. The van der Waals surface area contributed by atoms with E-state index in [0.717, 1.165) is 12.8 Å². The largest absolute Gasteiger partial charge is 0.494 e. The van der Waals surface area contributed by atoms with Gasteiger partial charge >= 0.3 is 5.97 Å². The molecule has 7 heteroatoms. The Morgan fingerprint density at radius 3 is 2.48 bits per heavy atom. The van der Waals surface area contributed by atoms with Crippen molar-refractivity contribution >= 4 is 17.8 Å². The minimum atomic E-state index is -1.03. The molecule has 3 N–H and O–H groups in total. The fourth-order valence-corrected chi connectivity index (χ4v) is 2.77. The van der Waals surface area contributed by atoms with E-state index in [1.165, 1.54) is 6.92 Å². The Morgan fingerprint density at radius 1 is 1.24 bits per heavy atom. The summed E-state index contributed by atoms with van der Waals surface area (Å²) in [7, 11) is 0.